The number of hydrogen-bond acceptors (Lipinski definition) is 5. The molecule has 0 aromatic rings. The molecule has 1 aliphatic heterocycles. The van der Waals surface area contributed by atoms with E-state index < -0.39 is 8.80 Å². The zero-order valence-electron chi connectivity index (χ0n) is 14.4. The van der Waals surface area contributed by atoms with Crippen LogP contribution in [-0.2, 0) is 13.3 Å². The van der Waals surface area contributed by atoms with E-state index in [2.05, 4.69) is 16.7 Å². The van der Waals surface area contributed by atoms with E-state index in [1.807, 2.05) is 20.8 Å². The maximum Gasteiger partial charge on any atom is 0.502 e. The van der Waals surface area contributed by atoms with Gasteiger partial charge in [-0.15, -0.1) is 0 Å². The third-order valence-electron chi connectivity index (χ3n) is 3.83. The summed E-state index contributed by atoms with van der Waals surface area (Å²) in [6, 6.07) is 0.899. The van der Waals surface area contributed by atoms with Gasteiger partial charge in [0.1, 0.15) is 0 Å². The quantitative estimate of drug-likeness (QED) is 0.545. The Kier molecular flexibility index (Phi) is 9.71. The van der Waals surface area contributed by atoms with Crippen molar-refractivity contribution in [2.75, 3.05) is 59.1 Å². The molecule has 0 amide bonds. The average molecular weight is 319 g/mol. The monoisotopic (exact) mass is 318 g/mol. The molecule has 0 aromatic heterocycles. The van der Waals surface area contributed by atoms with Crippen LogP contribution in [0.5, 0.6) is 0 Å². The summed E-state index contributed by atoms with van der Waals surface area (Å²) in [5.41, 5.74) is 0. The van der Waals surface area contributed by atoms with Crippen molar-refractivity contribution in [1.82, 2.24) is 9.80 Å². The van der Waals surface area contributed by atoms with Gasteiger partial charge in [-0.1, -0.05) is 6.92 Å². The summed E-state index contributed by atoms with van der Waals surface area (Å²) in [6.45, 7) is 17.2. The minimum atomic E-state index is -2.47. The van der Waals surface area contributed by atoms with E-state index in [4.69, 9.17) is 13.3 Å². The Morgan fingerprint density at radius 1 is 0.714 bits per heavy atom. The van der Waals surface area contributed by atoms with Crippen molar-refractivity contribution in [3.63, 3.8) is 0 Å². The minimum absolute atomic E-state index is 0.663. The molecule has 0 bridgehead atoms. The van der Waals surface area contributed by atoms with Crippen molar-refractivity contribution in [3.8, 4) is 0 Å². The Morgan fingerprint density at radius 2 is 1.14 bits per heavy atom. The summed E-state index contributed by atoms with van der Waals surface area (Å²) in [7, 11) is -2.47. The topological polar surface area (TPSA) is 34.2 Å². The lowest BCUT2D eigenvalue weighted by molar-refractivity contribution is 0.0645. The predicted molar refractivity (Wildman–Crippen MR) is 88.6 cm³/mol. The van der Waals surface area contributed by atoms with Crippen molar-refractivity contribution >= 4 is 8.80 Å². The molecule has 1 heterocycles. The SMILES string of the molecule is CCCN1CCN(CC[Si](OCC)(OCC)OCC)CC1. The maximum atomic E-state index is 5.92. The molecule has 1 saturated heterocycles. The van der Waals surface area contributed by atoms with Crippen LogP contribution in [0.3, 0.4) is 0 Å². The van der Waals surface area contributed by atoms with Crippen molar-refractivity contribution < 1.29 is 13.3 Å². The van der Waals surface area contributed by atoms with Gasteiger partial charge < -0.3 is 23.1 Å². The molecular weight excluding hydrogens is 284 g/mol. The number of piperazine rings is 1. The van der Waals surface area contributed by atoms with E-state index >= 15 is 0 Å². The summed E-state index contributed by atoms with van der Waals surface area (Å²) in [4.78, 5) is 5.07. The van der Waals surface area contributed by atoms with Gasteiger partial charge in [-0.3, -0.25) is 0 Å². The predicted octanol–water partition coefficient (Wildman–Crippen LogP) is 2.06. The van der Waals surface area contributed by atoms with Gasteiger partial charge >= 0.3 is 8.80 Å². The molecule has 1 fully saturated rings. The highest BCUT2D eigenvalue weighted by Gasteiger charge is 2.40. The highest BCUT2D eigenvalue weighted by molar-refractivity contribution is 6.60. The van der Waals surface area contributed by atoms with Gasteiger partial charge in [0.15, 0.2) is 0 Å². The van der Waals surface area contributed by atoms with Crippen LogP contribution in [0, 0.1) is 0 Å². The van der Waals surface area contributed by atoms with Gasteiger partial charge in [-0.05, 0) is 33.7 Å². The van der Waals surface area contributed by atoms with Crippen LogP contribution in [0.4, 0.5) is 0 Å². The first-order valence-corrected chi connectivity index (χ1v) is 10.5. The molecule has 0 saturated carbocycles. The first kappa shape index (κ1) is 19.1. The maximum absolute atomic E-state index is 5.92. The fraction of sp³-hybridized carbons (Fsp3) is 1.00. The summed E-state index contributed by atoms with van der Waals surface area (Å²) in [5.74, 6) is 0. The third kappa shape index (κ3) is 6.75. The van der Waals surface area contributed by atoms with Gasteiger partial charge in [0.2, 0.25) is 0 Å². The Labute approximate surface area is 131 Å². The van der Waals surface area contributed by atoms with Crippen molar-refractivity contribution in [2.45, 2.75) is 40.2 Å². The summed E-state index contributed by atoms with van der Waals surface area (Å²) >= 11 is 0. The molecule has 0 unspecified atom stereocenters. The first-order chi connectivity index (χ1) is 10.2. The Balaban J connectivity index is 2.42. The molecule has 0 N–H and O–H groups in total. The summed E-state index contributed by atoms with van der Waals surface area (Å²) in [6.07, 6.45) is 1.25. The molecular formula is C15H34N2O3Si. The number of hydrogen-bond donors (Lipinski definition) is 0. The molecule has 6 heteroatoms. The fourth-order valence-electron chi connectivity index (χ4n) is 2.85. The first-order valence-electron chi connectivity index (χ1n) is 8.56. The minimum Gasteiger partial charge on any atom is -0.374 e. The second-order valence-electron chi connectivity index (χ2n) is 5.42. The highest BCUT2D eigenvalue weighted by atomic mass is 28.4. The fourth-order valence-corrected chi connectivity index (χ4v) is 5.44. The molecule has 1 rings (SSSR count). The molecule has 0 radical (unpaired) electrons. The van der Waals surface area contributed by atoms with E-state index in [0.29, 0.717) is 19.8 Å². The van der Waals surface area contributed by atoms with E-state index in [9.17, 15) is 0 Å². The third-order valence-corrected chi connectivity index (χ3v) is 6.85. The van der Waals surface area contributed by atoms with Crippen LogP contribution >= 0.6 is 0 Å². The van der Waals surface area contributed by atoms with Crippen LogP contribution in [0.1, 0.15) is 34.1 Å². The molecule has 0 aliphatic carbocycles. The molecule has 21 heavy (non-hydrogen) atoms. The van der Waals surface area contributed by atoms with E-state index in [1.54, 1.807) is 0 Å². The van der Waals surface area contributed by atoms with E-state index in [-0.39, 0.29) is 0 Å². The van der Waals surface area contributed by atoms with Crippen LogP contribution in [0.15, 0.2) is 0 Å². The van der Waals surface area contributed by atoms with E-state index in [1.165, 1.54) is 26.1 Å². The van der Waals surface area contributed by atoms with Crippen LogP contribution < -0.4 is 0 Å². The van der Waals surface area contributed by atoms with Crippen molar-refractivity contribution in [3.05, 3.63) is 0 Å². The van der Waals surface area contributed by atoms with E-state index in [0.717, 1.165) is 25.7 Å². The zero-order valence-corrected chi connectivity index (χ0v) is 15.4. The smallest absolute Gasteiger partial charge is 0.374 e. The standard InChI is InChI=1S/C15H34N2O3Si/c1-5-9-16-10-12-17(13-11-16)14-15-21(18-6-2,19-7-3)20-8-4/h5-15H2,1-4H3. The van der Waals surface area contributed by atoms with Crippen molar-refractivity contribution in [2.24, 2.45) is 0 Å². The molecule has 0 aromatic carbocycles. The Bertz CT molecular complexity index is 244. The average Bonchev–Trinajstić information content (AvgIpc) is 2.48. The zero-order chi connectivity index (χ0) is 15.6. The normalized spacial score (nSPS) is 18.3. The lowest BCUT2D eigenvalue weighted by Crippen LogP contribution is -2.51. The van der Waals surface area contributed by atoms with Gasteiger partial charge in [-0.2, -0.15) is 0 Å². The number of rotatable bonds is 11. The Morgan fingerprint density at radius 3 is 1.52 bits per heavy atom. The Hall–Kier alpha value is 0.0169. The molecule has 0 atom stereocenters. The number of nitrogens with zero attached hydrogens (tertiary/aromatic N) is 2. The van der Waals surface area contributed by atoms with Crippen LogP contribution in [0.25, 0.3) is 0 Å². The highest BCUT2D eigenvalue weighted by Crippen LogP contribution is 2.17. The molecule has 0 spiro atoms. The van der Waals surface area contributed by atoms with Gasteiger partial charge in [-0.25, -0.2) is 0 Å². The van der Waals surface area contributed by atoms with Crippen LogP contribution in [-0.4, -0.2) is 77.7 Å². The molecule has 1 aliphatic rings. The second kappa shape index (κ2) is 10.7. The van der Waals surface area contributed by atoms with Gasteiger partial charge in [0.05, 0.1) is 0 Å². The van der Waals surface area contributed by atoms with Gasteiger partial charge in [0.25, 0.3) is 0 Å². The summed E-state index contributed by atoms with van der Waals surface area (Å²) in [5, 5.41) is 0. The molecule has 5 nitrogen and oxygen atoms in total. The van der Waals surface area contributed by atoms with Gasteiger partial charge in [0, 0.05) is 58.6 Å². The lowest BCUT2D eigenvalue weighted by Gasteiger charge is -2.36. The largest absolute Gasteiger partial charge is 0.502 e. The second-order valence-corrected chi connectivity index (χ2v) is 8.15. The summed E-state index contributed by atoms with van der Waals surface area (Å²) < 4.78 is 17.8. The lowest BCUT2D eigenvalue weighted by atomic mass is 10.3. The van der Waals surface area contributed by atoms with Crippen LogP contribution in [0.2, 0.25) is 6.04 Å². The van der Waals surface area contributed by atoms with Crippen molar-refractivity contribution in [1.29, 1.82) is 0 Å². The molecule has 126 valence electrons.